The number of fused-ring (bicyclic) bond motifs is 1. The third-order valence-corrected chi connectivity index (χ3v) is 3.97. The van der Waals surface area contributed by atoms with Gasteiger partial charge in [-0.05, 0) is 24.3 Å². The average Bonchev–Trinajstić information content (AvgIpc) is 3.20. The summed E-state index contributed by atoms with van der Waals surface area (Å²) < 4.78 is 1.57. The predicted octanol–water partition coefficient (Wildman–Crippen LogP) is 3.36. The summed E-state index contributed by atoms with van der Waals surface area (Å²) in [5, 5.41) is 32.3. The normalized spacial score (nSPS) is 11.2. The molecule has 26 heavy (non-hydrogen) atoms. The van der Waals surface area contributed by atoms with Gasteiger partial charge in [0.1, 0.15) is 28.8 Å². The van der Waals surface area contributed by atoms with Crippen molar-refractivity contribution in [1.29, 1.82) is 5.26 Å². The molecule has 3 N–H and O–H groups in total. The van der Waals surface area contributed by atoms with Crippen LogP contribution in [0.25, 0.3) is 16.9 Å². The maximum absolute atomic E-state index is 10.2. The second-order valence-electron chi connectivity index (χ2n) is 5.58. The van der Waals surface area contributed by atoms with Crippen LogP contribution in [-0.4, -0.2) is 31.0 Å². The number of rotatable bonds is 3. The van der Waals surface area contributed by atoms with E-state index in [2.05, 4.69) is 21.1 Å². The Morgan fingerprint density at radius 2 is 1.81 bits per heavy atom. The number of hydrogen-bond donors (Lipinski definition) is 3. The van der Waals surface area contributed by atoms with Crippen molar-refractivity contribution in [3.8, 4) is 28.8 Å². The lowest BCUT2D eigenvalue weighted by Crippen LogP contribution is -1.86. The lowest BCUT2D eigenvalue weighted by molar-refractivity contribution is 0.474. The Morgan fingerprint density at radius 1 is 1.08 bits per heavy atom. The number of aliphatic imine (C=N–C) groups is 1. The summed E-state index contributed by atoms with van der Waals surface area (Å²) in [6, 6.07) is 15.7. The molecule has 0 atom stereocenters. The Hall–Kier alpha value is -4.05. The molecule has 0 bridgehead atoms. The Morgan fingerprint density at radius 3 is 2.54 bits per heavy atom. The van der Waals surface area contributed by atoms with Crippen LogP contribution < -0.4 is 0 Å². The number of nitrogens with one attached hydrogen (secondary N) is 1. The van der Waals surface area contributed by atoms with Crippen LogP contribution in [0.5, 0.6) is 11.5 Å². The molecule has 2 aromatic carbocycles. The first-order chi connectivity index (χ1) is 12.7. The smallest absolute Gasteiger partial charge is 0.180 e. The zero-order valence-corrected chi connectivity index (χ0v) is 13.5. The number of aromatic nitrogens is 3. The number of H-pyrrole nitrogens is 1. The van der Waals surface area contributed by atoms with Crippen LogP contribution in [0.3, 0.4) is 0 Å². The molecule has 0 aliphatic heterocycles. The highest BCUT2D eigenvalue weighted by molar-refractivity contribution is 5.88. The highest BCUT2D eigenvalue weighted by atomic mass is 16.3. The van der Waals surface area contributed by atoms with E-state index in [4.69, 9.17) is 0 Å². The second kappa shape index (κ2) is 6.11. The Balaban J connectivity index is 1.94. The van der Waals surface area contributed by atoms with Crippen LogP contribution in [0.15, 0.2) is 59.7 Å². The summed E-state index contributed by atoms with van der Waals surface area (Å²) in [6.45, 7) is 0. The Labute approximate surface area is 148 Å². The molecule has 126 valence electrons. The molecular weight excluding hydrogens is 330 g/mol. The minimum absolute atomic E-state index is 0.0609. The number of imidazole rings is 1. The van der Waals surface area contributed by atoms with Gasteiger partial charge < -0.3 is 10.2 Å². The lowest BCUT2D eigenvalue weighted by Gasteiger charge is -2.03. The third-order valence-electron chi connectivity index (χ3n) is 3.97. The minimum Gasteiger partial charge on any atom is -0.507 e. The average molecular weight is 343 g/mol. The van der Waals surface area contributed by atoms with E-state index >= 15 is 0 Å². The Kier molecular flexibility index (Phi) is 3.64. The molecule has 2 aromatic heterocycles. The first-order valence-electron chi connectivity index (χ1n) is 7.79. The summed E-state index contributed by atoms with van der Waals surface area (Å²) in [7, 11) is 0. The van der Waals surface area contributed by atoms with E-state index in [9.17, 15) is 15.5 Å². The van der Waals surface area contributed by atoms with Crippen molar-refractivity contribution in [3.63, 3.8) is 0 Å². The van der Waals surface area contributed by atoms with Crippen molar-refractivity contribution in [1.82, 2.24) is 14.6 Å². The van der Waals surface area contributed by atoms with Crippen LogP contribution in [0, 0.1) is 11.3 Å². The maximum atomic E-state index is 10.2. The van der Waals surface area contributed by atoms with Gasteiger partial charge in [-0.2, -0.15) is 5.26 Å². The fraction of sp³-hybridized carbons (Fsp3) is 0. The van der Waals surface area contributed by atoms with E-state index in [1.165, 1.54) is 12.4 Å². The van der Waals surface area contributed by atoms with Gasteiger partial charge in [0.2, 0.25) is 0 Å². The molecule has 0 unspecified atom stereocenters. The van der Waals surface area contributed by atoms with Crippen molar-refractivity contribution in [2.24, 2.45) is 4.99 Å². The van der Waals surface area contributed by atoms with Gasteiger partial charge in [-0.3, -0.25) is 5.10 Å². The number of aromatic amines is 1. The van der Waals surface area contributed by atoms with Gasteiger partial charge in [0, 0.05) is 23.5 Å². The summed E-state index contributed by atoms with van der Waals surface area (Å²) >= 11 is 0. The fourth-order valence-electron chi connectivity index (χ4n) is 2.69. The van der Waals surface area contributed by atoms with E-state index in [1.54, 1.807) is 53.0 Å². The van der Waals surface area contributed by atoms with Crippen LogP contribution in [0.4, 0.5) is 5.82 Å². The quantitative estimate of drug-likeness (QED) is 0.495. The summed E-state index contributed by atoms with van der Waals surface area (Å²) in [5.74, 6) is 0.572. The second-order valence-corrected chi connectivity index (χ2v) is 5.58. The third kappa shape index (κ3) is 2.46. The van der Waals surface area contributed by atoms with Gasteiger partial charge in [-0.15, -0.1) is 0 Å². The van der Waals surface area contributed by atoms with Gasteiger partial charge >= 0.3 is 0 Å². The SMILES string of the molecule is N#Cc1c[nH]n2c(/N=C/c3ccccc3O)c(-c3ccccc3O)nc12. The van der Waals surface area contributed by atoms with Crippen molar-refractivity contribution in [2.45, 2.75) is 0 Å². The molecule has 0 aliphatic carbocycles. The van der Waals surface area contributed by atoms with Crippen LogP contribution in [0.1, 0.15) is 11.1 Å². The first-order valence-corrected chi connectivity index (χ1v) is 7.79. The van der Waals surface area contributed by atoms with E-state index in [0.717, 1.165) is 0 Å². The number of phenols is 2. The number of nitrogens with zero attached hydrogens (tertiary/aromatic N) is 4. The number of benzene rings is 2. The molecule has 0 fully saturated rings. The topological polar surface area (TPSA) is 110 Å². The van der Waals surface area contributed by atoms with Crippen molar-refractivity contribution in [2.75, 3.05) is 0 Å². The van der Waals surface area contributed by atoms with Gasteiger partial charge in [0.05, 0.1) is 0 Å². The van der Waals surface area contributed by atoms with Crippen LogP contribution >= 0.6 is 0 Å². The molecule has 2 heterocycles. The molecule has 0 spiro atoms. The predicted molar refractivity (Wildman–Crippen MR) is 96.7 cm³/mol. The molecule has 0 saturated heterocycles. The van der Waals surface area contributed by atoms with Gasteiger partial charge in [-0.1, -0.05) is 24.3 Å². The molecular formula is C19H13N5O2. The molecule has 7 heteroatoms. The molecule has 4 rings (SSSR count). The number of para-hydroxylation sites is 2. The number of hydrogen-bond acceptors (Lipinski definition) is 5. The highest BCUT2D eigenvalue weighted by Gasteiger charge is 2.19. The van der Waals surface area contributed by atoms with Crippen LogP contribution in [0.2, 0.25) is 0 Å². The Bertz CT molecular complexity index is 1180. The van der Waals surface area contributed by atoms with Crippen molar-refractivity contribution >= 4 is 17.7 Å². The standard InChI is InChI=1S/C19H13N5O2/c20-9-13-11-22-24-18(13)23-17(14-6-2-4-8-16(14)26)19(24)21-10-12-5-1-3-7-15(12)25/h1-8,10-11,22,25-26H/b21-10+. The largest absolute Gasteiger partial charge is 0.507 e. The minimum atomic E-state index is 0.0609. The number of nitriles is 1. The van der Waals surface area contributed by atoms with E-state index < -0.39 is 0 Å². The molecule has 0 aliphatic rings. The van der Waals surface area contributed by atoms with E-state index in [-0.39, 0.29) is 11.5 Å². The van der Waals surface area contributed by atoms with Gasteiger partial charge in [-0.25, -0.2) is 14.5 Å². The molecule has 0 saturated carbocycles. The van der Waals surface area contributed by atoms with Gasteiger partial charge in [0.25, 0.3) is 0 Å². The monoisotopic (exact) mass is 343 g/mol. The van der Waals surface area contributed by atoms with E-state index in [1.807, 2.05) is 0 Å². The van der Waals surface area contributed by atoms with Crippen LogP contribution in [-0.2, 0) is 0 Å². The lowest BCUT2D eigenvalue weighted by atomic mass is 10.1. The molecule has 4 aromatic rings. The number of phenolic OH excluding ortho intramolecular Hbond substituents is 2. The summed E-state index contributed by atoms with van der Waals surface area (Å²) in [5.41, 5.74) is 2.25. The molecule has 0 amide bonds. The number of aromatic hydroxyl groups is 2. The zero-order chi connectivity index (χ0) is 18.1. The van der Waals surface area contributed by atoms with Crippen molar-refractivity contribution in [3.05, 3.63) is 65.9 Å². The summed E-state index contributed by atoms with van der Waals surface area (Å²) in [6.07, 6.45) is 3.05. The first kappa shape index (κ1) is 15.5. The molecule has 7 nitrogen and oxygen atoms in total. The van der Waals surface area contributed by atoms with Gasteiger partial charge in [0.15, 0.2) is 11.5 Å². The van der Waals surface area contributed by atoms with E-state index in [0.29, 0.717) is 33.8 Å². The zero-order valence-electron chi connectivity index (χ0n) is 13.5. The summed E-state index contributed by atoms with van der Waals surface area (Å²) in [4.78, 5) is 8.94. The highest BCUT2D eigenvalue weighted by Crippen LogP contribution is 2.36. The maximum Gasteiger partial charge on any atom is 0.180 e. The van der Waals surface area contributed by atoms with Crippen molar-refractivity contribution < 1.29 is 10.2 Å². The fourth-order valence-corrected chi connectivity index (χ4v) is 2.69. The molecule has 0 radical (unpaired) electrons.